The van der Waals surface area contributed by atoms with Gasteiger partial charge in [0.05, 0.1) is 12.3 Å². The number of carbonyl (C=O) groups excluding carboxylic acids is 1. The van der Waals surface area contributed by atoms with E-state index in [0.717, 1.165) is 28.9 Å². The second kappa shape index (κ2) is 6.19. The molecule has 0 aromatic carbocycles. The number of carbonyl (C=O) groups is 1. The van der Waals surface area contributed by atoms with Crippen LogP contribution in [0, 0.1) is 0 Å². The van der Waals surface area contributed by atoms with E-state index in [9.17, 15) is 4.79 Å². The van der Waals surface area contributed by atoms with E-state index in [2.05, 4.69) is 16.2 Å². The van der Waals surface area contributed by atoms with Crippen LogP contribution in [-0.4, -0.2) is 34.7 Å². The van der Waals surface area contributed by atoms with Crippen molar-refractivity contribution in [3.05, 3.63) is 35.2 Å². The average Bonchev–Trinajstić information content (AvgIpc) is 3.01. The largest absolute Gasteiger partial charge is 0.444 e. The quantitative estimate of drug-likeness (QED) is 0.743. The number of hydrogen-bond acceptors (Lipinski definition) is 4. The van der Waals surface area contributed by atoms with Crippen molar-refractivity contribution >= 4 is 23.8 Å². The Morgan fingerprint density at radius 3 is 2.83 bits per heavy atom. The molecule has 0 saturated carbocycles. The lowest BCUT2D eigenvalue weighted by Crippen LogP contribution is -2.40. The van der Waals surface area contributed by atoms with Crippen LogP contribution < -0.4 is 9.71 Å². The second-order valence-electron chi connectivity index (χ2n) is 6.86. The number of aromatic nitrogens is 2. The smallest absolute Gasteiger partial charge is 0.410 e. The Hall–Kier alpha value is -2.50. The van der Waals surface area contributed by atoms with Crippen LogP contribution in [0.15, 0.2) is 23.5 Å². The minimum atomic E-state index is -0.471. The van der Waals surface area contributed by atoms with Crippen molar-refractivity contribution in [1.29, 1.82) is 0 Å². The van der Waals surface area contributed by atoms with E-state index in [4.69, 9.17) is 4.74 Å². The van der Waals surface area contributed by atoms with E-state index in [1.165, 1.54) is 0 Å². The zero-order valence-corrected chi connectivity index (χ0v) is 14.6. The Morgan fingerprint density at radius 2 is 2.21 bits per heavy atom. The molecule has 3 rings (SSSR count). The molecule has 6 heteroatoms. The van der Waals surface area contributed by atoms with Gasteiger partial charge in [0.15, 0.2) is 11.0 Å². The topological polar surface area (TPSA) is 60.7 Å². The van der Waals surface area contributed by atoms with Crippen molar-refractivity contribution in [3.63, 3.8) is 0 Å². The maximum absolute atomic E-state index is 12.1. The summed E-state index contributed by atoms with van der Waals surface area (Å²) < 4.78 is 7.25. The van der Waals surface area contributed by atoms with Crippen molar-refractivity contribution in [2.24, 2.45) is 5.11 Å². The first-order valence-electron chi connectivity index (χ1n) is 8.19. The fourth-order valence-electron chi connectivity index (χ4n) is 2.70. The normalized spacial score (nSPS) is 17.4. The Morgan fingerprint density at radius 1 is 1.42 bits per heavy atom. The van der Waals surface area contributed by atoms with Gasteiger partial charge in [-0.2, -0.15) is 0 Å². The van der Waals surface area contributed by atoms with Gasteiger partial charge in [-0.15, -0.1) is 0 Å². The molecular weight excluding hydrogens is 304 g/mol. The van der Waals surface area contributed by atoms with Gasteiger partial charge >= 0.3 is 11.9 Å². The summed E-state index contributed by atoms with van der Waals surface area (Å²) in [6.45, 7) is 8.80. The Balaban J connectivity index is 1.81. The zero-order chi connectivity index (χ0) is 17.3. The van der Waals surface area contributed by atoms with Crippen LogP contribution in [0.4, 0.5) is 4.79 Å². The highest BCUT2D eigenvalue weighted by Crippen LogP contribution is 2.21. The van der Waals surface area contributed by atoms with E-state index >= 15 is 0 Å². The summed E-state index contributed by atoms with van der Waals surface area (Å²) in [5.41, 5.74) is 1.63. The van der Waals surface area contributed by atoms with Gasteiger partial charge in [0.25, 0.3) is 0 Å². The fourth-order valence-corrected chi connectivity index (χ4v) is 2.70. The van der Waals surface area contributed by atoms with Gasteiger partial charge in [-0.25, -0.2) is 4.79 Å². The van der Waals surface area contributed by atoms with E-state index in [1.54, 1.807) is 11.1 Å². The average molecular weight is 327 g/mol. The summed E-state index contributed by atoms with van der Waals surface area (Å²) in [4.78, 5) is 18.5. The lowest BCUT2D eigenvalue weighted by atomic mass is 10.0. The summed E-state index contributed by atoms with van der Waals surface area (Å²) in [5, 5.41) is 5.29. The predicted octanol–water partition coefficient (Wildman–Crippen LogP) is 2.21. The molecule has 126 valence electrons. The molecule has 2 aliphatic rings. The third kappa shape index (κ3) is 3.37. The van der Waals surface area contributed by atoms with Gasteiger partial charge in [0, 0.05) is 24.7 Å². The van der Waals surface area contributed by atoms with Crippen LogP contribution in [0.3, 0.4) is 0 Å². The van der Waals surface area contributed by atoms with Crippen molar-refractivity contribution in [3.8, 4) is 0 Å². The molecule has 0 fully saturated rings. The molecule has 3 heterocycles. The lowest BCUT2D eigenvalue weighted by Gasteiger charge is -2.29. The highest BCUT2D eigenvalue weighted by atomic mass is 16.6. The molecule has 0 atom stereocenters. The Kier molecular flexibility index (Phi) is 4.22. The van der Waals surface area contributed by atoms with Crippen molar-refractivity contribution in [1.82, 2.24) is 9.88 Å². The second-order valence-corrected chi connectivity index (χ2v) is 6.86. The molecule has 2 aliphatic heterocycles. The summed E-state index contributed by atoms with van der Waals surface area (Å²) in [5.74, 6) is 0.830. The fraction of sp³-hybridized carbons (Fsp3) is 0.444. The van der Waals surface area contributed by atoms with Gasteiger partial charge in [0.1, 0.15) is 5.60 Å². The zero-order valence-electron chi connectivity index (χ0n) is 14.6. The molecule has 24 heavy (non-hydrogen) atoms. The Labute approximate surface area is 141 Å². The number of nitrogens with zero attached hydrogens (tertiary/aromatic N) is 4. The van der Waals surface area contributed by atoms with Crippen LogP contribution >= 0.6 is 0 Å². The standard InChI is InChI=1S/C18H23N4O2/c1-5-14-12-15(20-16-6-9-19-22(14)16)13-7-10-21(11-8-13)17(23)24-18(2,3)4/h5-7,9,12H,8,10-11H2,1-4H3/q+1. The van der Waals surface area contributed by atoms with E-state index < -0.39 is 5.60 Å². The first kappa shape index (κ1) is 16.4. The summed E-state index contributed by atoms with van der Waals surface area (Å²) in [6, 6.07) is 2.04. The molecule has 1 aromatic rings. The number of rotatable bonds is 1. The molecule has 0 N–H and O–H groups in total. The molecular formula is C18H23N4O2+. The van der Waals surface area contributed by atoms with Crippen LogP contribution in [0.5, 0.6) is 0 Å². The molecule has 0 bridgehead atoms. The SMILES string of the molecule is CC=c1cc(C2=CCN(C(=O)OC(C)(C)C)CC2)nc2[n+]1=NC=C2. The minimum Gasteiger partial charge on any atom is -0.444 e. The van der Waals surface area contributed by atoms with Crippen LogP contribution in [0.1, 0.15) is 45.6 Å². The van der Waals surface area contributed by atoms with Gasteiger partial charge in [-0.3, -0.25) is 0 Å². The van der Waals surface area contributed by atoms with Crippen molar-refractivity contribution in [2.75, 3.05) is 13.1 Å². The lowest BCUT2D eigenvalue weighted by molar-refractivity contribution is -0.560. The first-order valence-corrected chi connectivity index (χ1v) is 8.19. The van der Waals surface area contributed by atoms with Gasteiger partial charge < -0.3 is 9.64 Å². The van der Waals surface area contributed by atoms with E-state index in [1.807, 2.05) is 50.3 Å². The third-order valence-electron chi connectivity index (χ3n) is 3.87. The highest BCUT2D eigenvalue weighted by molar-refractivity contribution is 5.72. The minimum absolute atomic E-state index is 0.264. The van der Waals surface area contributed by atoms with Crippen LogP contribution in [0.25, 0.3) is 17.7 Å². The van der Waals surface area contributed by atoms with Crippen molar-refractivity contribution in [2.45, 2.75) is 39.7 Å². The molecule has 0 saturated heterocycles. The molecule has 1 aromatic heterocycles. The molecule has 0 radical (unpaired) electrons. The summed E-state index contributed by atoms with van der Waals surface area (Å²) in [7, 11) is 0. The molecule has 0 unspecified atom stereocenters. The predicted molar refractivity (Wildman–Crippen MR) is 91.5 cm³/mol. The maximum atomic E-state index is 12.1. The van der Waals surface area contributed by atoms with Crippen LogP contribution in [-0.2, 0) is 4.74 Å². The number of hydrogen-bond donors (Lipinski definition) is 0. The number of fused-ring (bicyclic) bond motifs is 1. The first-order chi connectivity index (χ1) is 11.4. The third-order valence-corrected chi connectivity index (χ3v) is 3.87. The number of ether oxygens (including phenoxy) is 1. The molecule has 1 amide bonds. The summed E-state index contributed by atoms with van der Waals surface area (Å²) >= 11 is 0. The van der Waals surface area contributed by atoms with Crippen LogP contribution in [0.2, 0.25) is 0 Å². The molecule has 6 nitrogen and oxygen atoms in total. The molecule has 0 aliphatic carbocycles. The maximum Gasteiger partial charge on any atom is 0.410 e. The van der Waals surface area contributed by atoms with E-state index in [-0.39, 0.29) is 6.09 Å². The Bertz CT molecular complexity index is 847. The highest BCUT2D eigenvalue weighted by Gasteiger charge is 2.26. The van der Waals surface area contributed by atoms with Crippen molar-refractivity contribution < 1.29 is 13.9 Å². The van der Waals surface area contributed by atoms with E-state index in [0.29, 0.717) is 13.1 Å². The van der Waals surface area contributed by atoms with Gasteiger partial charge in [0.2, 0.25) is 0 Å². The monoisotopic (exact) mass is 327 g/mol. The molecule has 0 spiro atoms. The number of amides is 1. The summed E-state index contributed by atoms with van der Waals surface area (Å²) in [6.07, 6.45) is 8.22. The van der Waals surface area contributed by atoms with Gasteiger partial charge in [-0.05, 0) is 45.2 Å². The van der Waals surface area contributed by atoms with Gasteiger partial charge in [-0.1, -0.05) is 15.6 Å².